The molecule has 0 radical (unpaired) electrons. The molecule has 7 nitrogen and oxygen atoms in total. The second kappa shape index (κ2) is 8.02. The Hall–Kier alpha value is -3.42. The fourth-order valence-corrected chi connectivity index (χ4v) is 4.21. The maximum atomic E-state index is 13.7. The van der Waals surface area contributed by atoms with Crippen LogP contribution in [0, 0.1) is 24.6 Å². The minimum absolute atomic E-state index is 0.102. The monoisotopic (exact) mass is 419 g/mol. The van der Waals surface area contributed by atoms with Crippen LogP contribution >= 0.6 is 0 Å². The smallest absolute Gasteiger partial charge is 0.273 e. The molecule has 5 rings (SSSR count). The van der Waals surface area contributed by atoms with E-state index in [-0.39, 0.29) is 11.9 Å². The molecule has 31 heavy (non-hydrogen) atoms. The van der Waals surface area contributed by atoms with E-state index in [1.807, 2.05) is 24.0 Å². The Morgan fingerprint density at radius 2 is 1.97 bits per heavy atom. The molecule has 3 aromatic rings. The second-order valence-electron chi connectivity index (χ2n) is 8.15. The molecule has 3 aromatic heterocycles. The van der Waals surface area contributed by atoms with Crippen molar-refractivity contribution >= 4 is 5.91 Å². The van der Waals surface area contributed by atoms with E-state index in [0.717, 1.165) is 24.7 Å². The van der Waals surface area contributed by atoms with Gasteiger partial charge in [-0.05, 0) is 55.9 Å². The van der Waals surface area contributed by atoms with Gasteiger partial charge in [0.05, 0.1) is 17.8 Å². The van der Waals surface area contributed by atoms with Crippen LogP contribution in [0.2, 0.25) is 0 Å². The van der Waals surface area contributed by atoms with Crippen LogP contribution in [0.25, 0.3) is 11.4 Å². The molecule has 8 heteroatoms. The van der Waals surface area contributed by atoms with Crippen molar-refractivity contribution in [3.63, 3.8) is 0 Å². The first-order chi connectivity index (χ1) is 15.1. The first-order valence-electron chi connectivity index (χ1n) is 10.4. The first-order valence-corrected chi connectivity index (χ1v) is 10.4. The van der Waals surface area contributed by atoms with Crippen molar-refractivity contribution in [1.82, 2.24) is 24.8 Å². The number of pyridine rings is 2. The van der Waals surface area contributed by atoms with Crippen LogP contribution in [0.15, 0.2) is 48.9 Å². The Bertz CT molecular complexity index is 1090. The predicted octanol–water partition coefficient (Wildman–Crippen LogP) is 3.31. The SMILES string of the molecule is Cc1ccc(-c2ncccn2)c(C(=O)N2CC3CC3CC2COc2ccc(F)cn2)n1. The van der Waals surface area contributed by atoms with Crippen LogP contribution in [0.3, 0.4) is 0 Å². The molecule has 0 spiro atoms. The number of amides is 1. The number of ether oxygens (including phenoxy) is 1. The zero-order valence-corrected chi connectivity index (χ0v) is 17.1. The molecule has 2 fully saturated rings. The molecule has 3 atom stereocenters. The number of carbonyl (C=O) groups is 1. The molecule has 1 amide bonds. The highest BCUT2D eigenvalue weighted by atomic mass is 19.1. The lowest BCUT2D eigenvalue weighted by Crippen LogP contribution is -2.48. The molecule has 1 aliphatic heterocycles. The van der Waals surface area contributed by atoms with Gasteiger partial charge in [0.25, 0.3) is 5.91 Å². The minimum atomic E-state index is -0.413. The summed E-state index contributed by atoms with van der Waals surface area (Å²) in [5.41, 5.74) is 1.73. The summed E-state index contributed by atoms with van der Waals surface area (Å²) >= 11 is 0. The van der Waals surface area contributed by atoms with Crippen LogP contribution < -0.4 is 4.74 Å². The van der Waals surface area contributed by atoms with Crippen molar-refractivity contribution in [2.45, 2.75) is 25.8 Å². The number of likely N-dealkylation sites (tertiary alicyclic amines) is 1. The summed E-state index contributed by atoms with van der Waals surface area (Å²) in [6.45, 7) is 2.84. The van der Waals surface area contributed by atoms with Gasteiger partial charge in [-0.3, -0.25) is 4.79 Å². The number of fused-ring (bicyclic) bond motifs is 1. The minimum Gasteiger partial charge on any atom is -0.475 e. The first kappa shape index (κ1) is 19.5. The van der Waals surface area contributed by atoms with Crippen LogP contribution in [0.1, 0.15) is 29.0 Å². The topological polar surface area (TPSA) is 81.1 Å². The third kappa shape index (κ3) is 4.10. The van der Waals surface area contributed by atoms with Gasteiger partial charge in [0.2, 0.25) is 5.88 Å². The number of nitrogens with zero attached hydrogens (tertiary/aromatic N) is 5. The summed E-state index contributed by atoms with van der Waals surface area (Å²) in [5, 5.41) is 0. The fraction of sp³-hybridized carbons (Fsp3) is 0.348. The molecule has 1 aliphatic carbocycles. The van der Waals surface area contributed by atoms with Crippen molar-refractivity contribution in [2.75, 3.05) is 13.2 Å². The van der Waals surface area contributed by atoms with E-state index < -0.39 is 5.82 Å². The molecule has 4 heterocycles. The number of carbonyl (C=O) groups excluding carboxylic acids is 1. The molecule has 1 saturated heterocycles. The van der Waals surface area contributed by atoms with Gasteiger partial charge in [-0.2, -0.15) is 0 Å². The number of hydrogen-bond donors (Lipinski definition) is 0. The zero-order chi connectivity index (χ0) is 21.4. The standard InChI is InChI=1S/C23H22FN5O2/c1-14-3-5-19(22-25-7-2-8-26-22)21(28-14)23(30)29-12-16-9-15(16)10-18(29)13-31-20-6-4-17(24)11-27-20/h2-8,11,15-16,18H,9-10,12-13H2,1H3. The van der Waals surface area contributed by atoms with Gasteiger partial charge in [-0.15, -0.1) is 0 Å². The molecule has 1 saturated carbocycles. The number of hydrogen-bond acceptors (Lipinski definition) is 6. The summed E-state index contributed by atoms with van der Waals surface area (Å²) < 4.78 is 18.9. The van der Waals surface area contributed by atoms with Crippen LogP contribution in [-0.2, 0) is 0 Å². The fourth-order valence-electron chi connectivity index (χ4n) is 4.21. The van der Waals surface area contributed by atoms with E-state index in [0.29, 0.717) is 47.9 Å². The summed E-state index contributed by atoms with van der Waals surface area (Å²) in [5.74, 6) is 1.43. The lowest BCUT2D eigenvalue weighted by molar-refractivity contribution is 0.0503. The Morgan fingerprint density at radius 3 is 2.74 bits per heavy atom. The van der Waals surface area contributed by atoms with Crippen LogP contribution in [0.5, 0.6) is 5.88 Å². The van der Waals surface area contributed by atoms with E-state index >= 15 is 0 Å². The van der Waals surface area contributed by atoms with Gasteiger partial charge in [0, 0.05) is 30.7 Å². The quantitative estimate of drug-likeness (QED) is 0.631. The summed E-state index contributed by atoms with van der Waals surface area (Å²) in [7, 11) is 0. The van der Waals surface area contributed by atoms with Crippen LogP contribution in [0.4, 0.5) is 4.39 Å². The van der Waals surface area contributed by atoms with E-state index in [2.05, 4.69) is 19.9 Å². The molecule has 158 valence electrons. The number of aryl methyl sites for hydroxylation is 1. The Kier molecular flexibility index (Phi) is 5.05. The van der Waals surface area contributed by atoms with Crippen molar-refractivity contribution in [3.05, 3.63) is 66.1 Å². The Labute approximate surface area is 179 Å². The average Bonchev–Trinajstić information content (AvgIpc) is 3.56. The van der Waals surface area contributed by atoms with Crippen molar-refractivity contribution in [1.29, 1.82) is 0 Å². The second-order valence-corrected chi connectivity index (χ2v) is 8.15. The maximum Gasteiger partial charge on any atom is 0.273 e. The number of rotatable bonds is 5. The van der Waals surface area contributed by atoms with Crippen LogP contribution in [-0.4, -0.2) is 49.9 Å². The molecular weight excluding hydrogens is 397 g/mol. The normalized spacial score (nSPS) is 22.0. The molecular formula is C23H22FN5O2. The largest absolute Gasteiger partial charge is 0.475 e. The molecule has 0 N–H and O–H groups in total. The average molecular weight is 419 g/mol. The number of piperidine rings is 1. The summed E-state index contributed by atoms with van der Waals surface area (Å²) in [4.78, 5) is 32.7. The van der Waals surface area contributed by atoms with E-state index in [9.17, 15) is 9.18 Å². The lowest BCUT2D eigenvalue weighted by Gasteiger charge is -2.35. The highest BCUT2D eigenvalue weighted by Crippen LogP contribution is 2.47. The lowest BCUT2D eigenvalue weighted by atomic mass is 10.0. The van der Waals surface area contributed by atoms with Gasteiger partial charge in [-0.25, -0.2) is 24.3 Å². The van der Waals surface area contributed by atoms with Gasteiger partial charge in [-0.1, -0.05) is 0 Å². The molecule has 3 unspecified atom stereocenters. The zero-order valence-electron chi connectivity index (χ0n) is 17.1. The molecule has 0 bridgehead atoms. The third-order valence-electron chi connectivity index (χ3n) is 5.94. The van der Waals surface area contributed by atoms with E-state index in [1.165, 1.54) is 12.1 Å². The van der Waals surface area contributed by atoms with Crippen molar-refractivity contribution in [3.8, 4) is 17.3 Å². The predicted molar refractivity (Wildman–Crippen MR) is 111 cm³/mol. The maximum absolute atomic E-state index is 13.7. The summed E-state index contributed by atoms with van der Waals surface area (Å²) in [6, 6.07) is 8.15. The number of halogens is 1. The van der Waals surface area contributed by atoms with Gasteiger partial charge >= 0.3 is 0 Å². The highest BCUT2D eigenvalue weighted by Gasteiger charge is 2.47. The van der Waals surface area contributed by atoms with E-state index in [1.54, 1.807) is 18.5 Å². The molecule has 2 aliphatic rings. The summed E-state index contributed by atoms with van der Waals surface area (Å²) in [6.07, 6.45) is 6.43. The van der Waals surface area contributed by atoms with Gasteiger partial charge in [0.1, 0.15) is 18.1 Å². The number of aromatic nitrogens is 4. The molecule has 0 aromatic carbocycles. The van der Waals surface area contributed by atoms with Gasteiger partial charge in [0.15, 0.2) is 5.82 Å². The Morgan fingerprint density at radius 1 is 1.13 bits per heavy atom. The third-order valence-corrected chi connectivity index (χ3v) is 5.94. The van der Waals surface area contributed by atoms with Crippen molar-refractivity contribution in [2.24, 2.45) is 11.8 Å². The van der Waals surface area contributed by atoms with E-state index in [4.69, 9.17) is 4.74 Å². The van der Waals surface area contributed by atoms with Gasteiger partial charge < -0.3 is 9.64 Å². The Balaban J connectivity index is 1.41. The highest BCUT2D eigenvalue weighted by molar-refractivity contribution is 5.98. The van der Waals surface area contributed by atoms with Crippen molar-refractivity contribution < 1.29 is 13.9 Å².